The first kappa shape index (κ1) is 13.2. The third kappa shape index (κ3) is 3.88. The van der Waals surface area contributed by atoms with Crippen molar-refractivity contribution in [2.75, 3.05) is 6.61 Å². The highest BCUT2D eigenvalue weighted by molar-refractivity contribution is 9.09. The molecule has 0 bridgehead atoms. The normalized spacial score (nSPS) is 12.1. The summed E-state index contributed by atoms with van der Waals surface area (Å²) in [4.78, 5) is 0.385. The average Bonchev–Trinajstić information content (AvgIpc) is 2.40. The number of halogens is 1. The van der Waals surface area contributed by atoms with Gasteiger partial charge >= 0.3 is 0 Å². The van der Waals surface area contributed by atoms with Crippen molar-refractivity contribution < 1.29 is 4.74 Å². The molecule has 0 heterocycles. The molecule has 0 spiro atoms. The lowest BCUT2D eigenvalue weighted by Gasteiger charge is -2.08. The number of rotatable bonds is 5. The van der Waals surface area contributed by atoms with Gasteiger partial charge in [0, 0.05) is 11.2 Å². The van der Waals surface area contributed by atoms with Gasteiger partial charge in [0.2, 0.25) is 0 Å². The highest BCUT2D eigenvalue weighted by atomic mass is 79.9. The van der Waals surface area contributed by atoms with E-state index in [1.807, 2.05) is 18.2 Å². The third-order valence-corrected chi connectivity index (χ3v) is 3.37. The molecule has 1 unspecified atom stereocenters. The molecule has 1 nitrogen and oxygen atoms in total. The molecule has 2 heteroatoms. The molecule has 18 heavy (non-hydrogen) atoms. The summed E-state index contributed by atoms with van der Waals surface area (Å²) in [5.41, 5.74) is 2.58. The molecule has 2 rings (SSSR count). The molecule has 94 valence electrons. The van der Waals surface area contributed by atoms with Crippen LogP contribution < -0.4 is 4.74 Å². The Hall–Kier alpha value is -1.28. The number of ether oxygens (including phenoxy) is 1. The first-order valence-corrected chi connectivity index (χ1v) is 7.08. The summed E-state index contributed by atoms with van der Waals surface area (Å²) < 4.78 is 5.73. The maximum atomic E-state index is 5.73. The van der Waals surface area contributed by atoms with Crippen LogP contribution in [0.1, 0.15) is 22.9 Å². The molecular formula is C16H17BrO. The molecular weight excluding hydrogens is 288 g/mol. The van der Waals surface area contributed by atoms with Gasteiger partial charge in [-0.25, -0.2) is 0 Å². The fourth-order valence-electron chi connectivity index (χ4n) is 1.76. The minimum atomic E-state index is 0.385. The van der Waals surface area contributed by atoms with E-state index < -0.39 is 0 Å². The molecule has 2 aromatic carbocycles. The van der Waals surface area contributed by atoms with Crippen LogP contribution in [-0.4, -0.2) is 6.61 Å². The Morgan fingerprint density at radius 1 is 1.00 bits per heavy atom. The summed E-state index contributed by atoms with van der Waals surface area (Å²) in [6, 6.07) is 18.6. The van der Waals surface area contributed by atoms with E-state index in [4.69, 9.17) is 4.74 Å². The molecule has 0 saturated heterocycles. The molecule has 0 amide bonds. The van der Waals surface area contributed by atoms with Crippen LogP contribution in [0.2, 0.25) is 0 Å². The number of alkyl halides is 1. The maximum absolute atomic E-state index is 5.73. The van der Waals surface area contributed by atoms with Crippen LogP contribution >= 0.6 is 15.9 Å². The predicted molar refractivity (Wildman–Crippen MR) is 79.4 cm³/mol. The van der Waals surface area contributed by atoms with Crippen LogP contribution in [0.25, 0.3) is 0 Å². The van der Waals surface area contributed by atoms with Gasteiger partial charge in [-0.05, 0) is 30.2 Å². The largest absolute Gasteiger partial charge is 0.493 e. The van der Waals surface area contributed by atoms with E-state index >= 15 is 0 Å². The minimum Gasteiger partial charge on any atom is -0.493 e. The van der Waals surface area contributed by atoms with E-state index in [-0.39, 0.29) is 0 Å². The van der Waals surface area contributed by atoms with Crippen molar-refractivity contribution >= 4 is 15.9 Å². The van der Waals surface area contributed by atoms with Gasteiger partial charge in [0.15, 0.2) is 0 Å². The van der Waals surface area contributed by atoms with Crippen molar-refractivity contribution in [3.63, 3.8) is 0 Å². The molecule has 0 saturated carbocycles. The Labute approximate surface area is 117 Å². The second-order valence-electron chi connectivity index (χ2n) is 4.27. The topological polar surface area (TPSA) is 9.23 Å². The van der Waals surface area contributed by atoms with Gasteiger partial charge < -0.3 is 4.74 Å². The van der Waals surface area contributed by atoms with Crippen molar-refractivity contribution in [1.82, 2.24) is 0 Å². The molecule has 0 radical (unpaired) electrons. The standard InChI is InChI=1S/C16H17BrO/c1-13(17)15-7-9-16(10-8-15)18-12-11-14-5-3-2-4-6-14/h2-10,13H,11-12H2,1H3. The van der Waals surface area contributed by atoms with Crippen molar-refractivity contribution in [2.45, 2.75) is 18.2 Å². The van der Waals surface area contributed by atoms with Crippen molar-refractivity contribution in [2.24, 2.45) is 0 Å². The Morgan fingerprint density at radius 3 is 2.28 bits per heavy atom. The second-order valence-corrected chi connectivity index (χ2v) is 5.64. The maximum Gasteiger partial charge on any atom is 0.119 e. The highest BCUT2D eigenvalue weighted by Gasteiger charge is 2.00. The first-order valence-electron chi connectivity index (χ1n) is 6.16. The Bertz CT molecular complexity index is 462. The van der Waals surface area contributed by atoms with Crippen molar-refractivity contribution in [3.05, 3.63) is 65.7 Å². The van der Waals surface area contributed by atoms with Crippen LogP contribution in [0.15, 0.2) is 54.6 Å². The van der Waals surface area contributed by atoms with E-state index in [2.05, 4.69) is 59.3 Å². The minimum absolute atomic E-state index is 0.385. The molecule has 0 fully saturated rings. The van der Waals surface area contributed by atoms with Crippen LogP contribution in [0.4, 0.5) is 0 Å². The molecule has 0 N–H and O–H groups in total. The fraction of sp³-hybridized carbons (Fsp3) is 0.250. The van der Waals surface area contributed by atoms with E-state index in [0.29, 0.717) is 11.4 Å². The molecule has 1 atom stereocenters. The van der Waals surface area contributed by atoms with Gasteiger partial charge in [-0.2, -0.15) is 0 Å². The second kappa shape index (κ2) is 6.60. The van der Waals surface area contributed by atoms with Crippen molar-refractivity contribution in [1.29, 1.82) is 0 Å². The summed E-state index contributed by atoms with van der Waals surface area (Å²) >= 11 is 3.55. The zero-order chi connectivity index (χ0) is 12.8. The summed E-state index contributed by atoms with van der Waals surface area (Å²) in [6.45, 7) is 2.83. The van der Waals surface area contributed by atoms with Gasteiger partial charge in [0.1, 0.15) is 5.75 Å². The van der Waals surface area contributed by atoms with E-state index in [9.17, 15) is 0 Å². The van der Waals surface area contributed by atoms with Crippen molar-refractivity contribution in [3.8, 4) is 5.75 Å². The van der Waals surface area contributed by atoms with Gasteiger partial charge in [-0.3, -0.25) is 0 Å². The molecule has 0 aliphatic rings. The Balaban J connectivity index is 1.83. The lowest BCUT2D eigenvalue weighted by atomic mass is 10.1. The molecule has 0 aliphatic heterocycles. The summed E-state index contributed by atoms with van der Waals surface area (Å²) in [5, 5.41) is 0. The number of hydrogen-bond donors (Lipinski definition) is 0. The van der Waals surface area contributed by atoms with Gasteiger partial charge in [-0.1, -0.05) is 58.4 Å². The number of benzene rings is 2. The third-order valence-electron chi connectivity index (χ3n) is 2.84. The quantitative estimate of drug-likeness (QED) is 0.723. The summed E-state index contributed by atoms with van der Waals surface area (Å²) in [5.74, 6) is 0.933. The van der Waals surface area contributed by atoms with Gasteiger partial charge in [-0.15, -0.1) is 0 Å². The average molecular weight is 305 g/mol. The lowest BCUT2D eigenvalue weighted by Crippen LogP contribution is -2.01. The van der Waals surface area contributed by atoms with Crippen LogP contribution in [0.5, 0.6) is 5.75 Å². The Kier molecular flexibility index (Phi) is 4.82. The highest BCUT2D eigenvalue weighted by Crippen LogP contribution is 2.23. The van der Waals surface area contributed by atoms with Gasteiger partial charge in [0.25, 0.3) is 0 Å². The predicted octanol–water partition coefficient (Wildman–Crippen LogP) is 4.76. The van der Waals surface area contributed by atoms with E-state index in [1.54, 1.807) is 0 Å². The number of hydrogen-bond acceptors (Lipinski definition) is 1. The van der Waals surface area contributed by atoms with E-state index in [0.717, 1.165) is 12.2 Å². The van der Waals surface area contributed by atoms with Crippen LogP contribution in [0, 0.1) is 0 Å². The smallest absolute Gasteiger partial charge is 0.119 e. The van der Waals surface area contributed by atoms with E-state index in [1.165, 1.54) is 11.1 Å². The first-order chi connectivity index (χ1) is 8.75. The fourth-order valence-corrected chi connectivity index (χ4v) is 2.07. The van der Waals surface area contributed by atoms with Gasteiger partial charge in [0.05, 0.1) is 6.61 Å². The lowest BCUT2D eigenvalue weighted by molar-refractivity contribution is 0.322. The zero-order valence-corrected chi connectivity index (χ0v) is 12.1. The zero-order valence-electron chi connectivity index (χ0n) is 10.5. The SMILES string of the molecule is CC(Br)c1ccc(OCCc2ccccc2)cc1. The molecule has 0 aliphatic carbocycles. The monoisotopic (exact) mass is 304 g/mol. The Morgan fingerprint density at radius 2 is 1.67 bits per heavy atom. The molecule has 0 aromatic heterocycles. The van der Waals surface area contributed by atoms with Crippen LogP contribution in [0.3, 0.4) is 0 Å². The molecule has 2 aromatic rings. The summed E-state index contributed by atoms with van der Waals surface area (Å²) in [6.07, 6.45) is 0.942. The summed E-state index contributed by atoms with van der Waals surface area (Å²) in [7, 11) is 0. The van der Waals surface area contributed by atoms with Crippen LogP contribution in [-0.2, 0) is 6.42 Å².